The Labute approximate surface area is 277 Å². The summed E-state index contributed by atoms with van der Waals surface area (Å²) in [7, 11) is 0. The van der Waals surface area contributed by atoms with Crippen LogP contribution in [0.15, 0.2) is 29.2 Å². The van der Waals surface area contributed by atoms with Crippen LogP contribution in [0, 0.1) is 26.7 Å². The van der Waals surface area contributed by atoms with Crippen LogP contribution >= 0.6 is 11.9 Å². The van der Waals surface area contributed by atoms with Gasteiger partial charge in [0.15, 0.2) is 0 Å². The van der Waals surface area contributed by atoms with Crippen molar-refractivity contribution in [3.8, 4) is 0 Å². The summed E-state index contributed by atoms with van der Waals surface area (Å²) in [5.41, 5.74) is 4.84. The van der Waals surface area contributed by atoms with E-state index in [-0.39, 0.29) is 31.1 Å². The molecule has 1 unspecified atom stereocenters. The lowest BCUT2D eigenvalue weighted by atomic mass is 9.98. The number of aryl methyl sites for hydroxylation is 5. The summed E-state index contributed by atoms with van der Waals surface area (Å²) in [5.74, 6) is -0.0999. The second-order valence-electron chi connectivity index (χ2n) is 13.1. The summed E-state index contributed by atoms with van der Waals surface area (Å²) in [5, 5.41) is 2.93. The first kappa shape index (κ1) is 35.7. The lowest BCUT2D eigenvalue weighted by Gasteiger charge is -2.38. The molecule has 0 spiro atoms. The number of anilines is 1. The lowest BCUT2D eigenvalue weighted by molar-refractivity contribution is -0.270. The Morgan fingerprint density at radius 3 is 2.50 bits per heavy atom. The van der Waals surface area contributed by atoms with Gasteiger partial charge in [0.1, 0.15) is 17.5 Å². The molecule has 1 fully saturated rings. The summed E-state index contributed by atoms with van der Waals surface area (Å²) in [6.07, 6.45) is 3.09. The van der Waals surface area contributed by atoms with E-state index in [4.69, 9.17) is 19.5 Å². The second-order valence-corrected chi connectivity index (χ2v) is 14.0. The van der Waals surface area contributed by atoms with Crippen LogP contribution in [0.25, 0.3) is 0 Å². The number of hydrogen-bond acceptors (Lipinski definition) is 10. The van der Waals surface area contributed by atoms with Crippen LogP contribution in [-0.4, -0.2) is 78.8 Å². The Hall–Kier alpha value is -3.19. The molecule has 0 bridgehead atoms. The van der Waals surface area contributed by atoms with Crippen molar-refractivity contribution in [2.24, 2.45) is 5.92 Å². The van der Waals surface area contributed by atoms with Crippen molar-refractivity contribution in [3.63, 3.8) is 0 Å². The Bertz CT molecular complexity index is 1370. The summed E-state index contributed by atoms with van der Waals surface area (Å²) < 4.78 is 8.78. The van der Waals surface area contributed by atoms with E-state index < -0.39 is 17.6 Å². The van der Waals surface area contributed by atoms with E-state index in [1.54, 1.807) is 11.8 Å². The van der Waals surface area contributed by atoms with Crippen LogP contribution < -0.4 is 14.9 Å². The number of rotatable bonds is 13. The van der Waals surface area contributed by atoms with Gasteiger partial charge in [0.25, 0.3) is 0 Å². The summed E-state index contributed by atoms with van der Waals surface area (Å²) in [4.78, 5) is 58.0. The Balaban J connectivity index is 1.22. The number of benzene rings is 1. The van der Waals surface area contributed by atoms with Gasteiger partial charge in [-0.15, -0.1) is 0 Å². The van der Waals surface area contributed by atoms with Crippen molar-refractivity contribution in [2.75, 3.05) is 44.2 Å². The smallest absolute Gasteiger partial charge is 0.416 e. The first-order valence-corrected chi connectivity index (χ1v) is 17.0. The monoisotopic (exact) mass is 655 g/mol. The molecular weight excluding hydrogens is 606 g/mol. The summed E-state index contributed by atoms with van der Waals surface area (Å²) in [6, 6.07) is 7.53. The fraction of sp³-hybridized carbons (Fsp3) is 0.588. The molecule has 1 aromatic heterocycles. The molecule has 0 saturated carbocycles. The van der Waals surface area contributed by atoms with Gasteiger partial charge in [0, 0.05) is 36.8 Å². The zero-order chi connectivity index (χ0) is 33.4. The van der Waals surface area contributed by atoms with Crippen molar-refractivity contribution < 1.29 is 28.9 Å². The highest BCUT2D eigenvalue weighted by Crippen LogP contribution is 2.28. The third kappa shape index (κ3) is 9.90. The first-order valence-electron chi connectivity index (χ1n) is 16.2. The van der Waals surface area contributed by atoms with Crippen LogP contribution in [0.1, 0.15) is 68.5 Å². The Kier molecular flexibility index (Phi) is 12.5. The van der Waals surface area contributed by atoms with Crippen LogP contribution in [-0.2, 0) is 36.9 Å². The number of carbonyl (C=O) groups is 3. The maximum atomic E-state index is 12.9. The topological polar surface area (TPSA) is 122 Å². The Morgan fingerprint density at radius 1 is 1.11 bits per heavy atom. The van der Waals surface area contributed by atoms with E-state index >= 15 is 0 Å². The van der Waals surface area contributed by atoms with E-state index in [0.29, 0.717) is 25.5 Å². The number of nitrogens with one attached hydrogen (secondary N) is 2. The zero-order valence-electron chi connectivity index (χ0n) is 28.2. The molecule has 0 aliphatic carbocycles. The number of carbonyl (C=O) groups excluding carboxylic acids is 3. The molecule has 2 aliphatic heterocycles. The minimum Gasteiger partial charge on any atom is -0.443 e. The maximum Gasteiger partial charge on any atom is 0.416 e. The van der Waals surface area contributed by atoms with Crippen LogP contribution in [0.3, 0.4) is 0 Å². The number of hydrogen-bond donors (Lipinski definition) is 2. The van der Waals surface area contributed by atoms with Crippen molar-refractivity contribution in [2.45, 2.75) is 90.7 Å². The van der Waals surface area contributed by atoms with E-state index in [0.717, 1.165) is 59.5 Å². The van der Waals surface area contributed by atoms with Gasteiger partial charge in [-0.05, 0) is 115 Å². The number of pyridine rings is 1. The molecule has 0 radical (unpaired) electrons. The van der Waals surface area contributed by atoms with Crippen molar-refractivity contribution in [1.82, 2.24) is 19.9 Å². The maximum absolute atomic E-state index is 12.9. The number of aromatic nitrogens is 1. The van der Waals surface area contributed by atoms with Gasteiger partial charge in [-0.3, -0.25) is 14.6 Å². The van der Waals surface area contributed by atoms with Crippen LogP contribution in [0.2, 0.25) is 0 Å². The van der Waals surface area contributed by atoms with Gasteiger partial charge in [-0.2, -0.15) is 4.89 Å². The predicted molar refractivity (Wildman–Crippen MR) is 179 cm³/mol. The van der Waals surface area contributed by atoms with Crippen molar-refractivity contribution >= 4 is 35.7 Å². The highest BCUT2D eigenvalue weighted by molar-refractivity contribution is 7.97. The van der Waals surface area contributed by atoms with Crippen molar-refractivity contribution in [1.29, 1.82) is 0 Å². The van der Waals surface area contributed by atoms with Crippen LogP contribution in [0.4, 0.5) is 10.6 Å². The molecule has 1 saturated heterocycles. The molecule has 1 aromatic carbocycles. The average Bonchev–Trinajstić information content (AvgIpc) is 2.96. The molecule has 4 rings (SSSR count). The van der Waals surface area contributed by atoms with E-state index in [1.807, 2.05) is 40.7 Å². The van der Waals surface area contributed by atoms with E-state index in [2.05, 4.69) is 40.1 Å². The number of fused-ring (bicyclic) bond motifs is 1. The molecule has 46 heavy (non-hydrogen) atoms. The number of ether oxygens (including phenoxy) is 1. The molecular formula is C34H49N5O6S. The fourth-order valence-corrected chi connectivity index (χ4v) is 6.55. The number of likely N-dealkylation sites (tertiary alicyclic amines) is 1. The van der Waals surface area contributed by atoms with Crippen molar-refractivity contribution in [3.05, 3.63) is 52.2 Å². The molecule has 12 heteroatoms. The van der Waals surface area contributed by atoms with Gasteiger partial charge in [0.05, 0.1) is 12.5 Å². The summed E-state index contributed by atoms with van der Waals surface area (Å²) in [6.45, 7) is 16.5. The molecule has 11 nitrogen and oxygen atoms in total. The lowest BCUT2D eigenvalue weighted by Crippen LogP contribution is -2.55. The summed E-state index contributed by atoms with van der Waals surface area (Å²) >= 11 is 1.35. The zero-order valence-corrected chi connectivity index (χ0v) is 29.1. The molecule has 1 atom stereocenters. The molecule has 252 valence electrons. The molecule has 3 heterocycles. The van der Waals surface area contributed by atoms with Gasteiger partial charge >= 0.3 is 12.1 Å². The third-order valence-corrected chi connectivity index (χ3v) is 9.13. The number of amides is 2. The molecule has 2 aliphatic rings. The SMILES string of the molecule is CCOOC(=O)C(CNC(=O)C1CN(CCCc2ccc3c(n2)N(C(=O)OC(C)(C)C)CCC3)C1)NSc1c(C)cc(C)cc1C. The highest BCUT2D eigenvalue weighted by Gasteiger charge is 2.33. The normalized spacial score (nSPS) is 15.9. The minimum absolute atomic E-state index is 0.0847. The van der Waals surface area contributed by atoms with Gasteiger partial charge in [-0.25, -0.2) is 19.3 Å². The minimum atomic E-state index is -0.785. The molecule has 2 amide bonds. The molecule has 2 N–H and O–H groups in total. The quantitative estimate of drug-likeness (QED) is 0.176. The highest BCUT2D eigenvalue weighted by atomic mass is 32.2. The predicted octanol–water partition coefficient (Wildman–Crippen LogP) is 4.84. The molecule has 2 aromatic rings. The standard InChI is InChI=1S/C34H49N5O6S/c1-8-43-45-32(41)28(37-46-29-23(3)17-22(2)18-24(29)4)19-35-31(40)26-20-38(21-26)15-10-12-27-14-13-25-11-9-16-39(30(25)36-27)33(42)44-34(5,6)7/h13-14,17-18,26,28,37H,8-12,15-16,19-21H2,1-7H3,(H,35,40). The number of nitrogens with zero attached hydrogens (tertiary/aromatic N) is 3. The van der Waals surface area contributed by atoms with Crippen LogP contribution in [0.5, 0.6) is 0 Å². The van der Waals surface area contributed by atoms with Gasteiger partial charge in [0.2, 0.25) is 5.91 Å². The van der Waals surface area contributed by atoms with E-state index in [1.165, 1.54) is 17.5 Å². The Morgan fingerprint density at radius 2 is 1.83 bits per heavy atom. The second kappa shape index (κ2) is 16.1. The van der Waals surface area contributed by atoms with E-state index in [9.17, 15) is 14.4 Å². The van der Waals surface area contributed by atoms with Gasteiger partial charge < -0.3 is 15.0 Å². The largest absolute Gasteiger partial charge is 0.443 e. The average molecular weight is 656 g/mol. The third-order valence-electron chi connectivity index (χ3n) is 7.88. The van der Waals surface area contributed by atoms with Gasteiger partial charge in [-0.1, -0.05) is 23.8 Å². The fourth-order valence-electron chi connectivity index (χ4n) is 5.67. The first-order chi connectivity index (χ1) is 21.8.